The number of nitrogens with two attached hydrogens (primary N) is 1. The highest BCUT2D eigenvalue weighted by atomic mass is 16.5. The molecule has 1 aliphatic heterocycles. The summed E-state index contributed by atoms with van der Waals surface area (Å²) in [5.41, 5.74) is 7.60. The van der Waals surface area contributed by atoms with Crippen LogP contribution in [0.5, 0.6) is 0 Å². The number of benzene rings is 1. The molecule has 0 radical (unpaired) electrons. The Bertz CT molecular complexity index is 608. The predicted octanol–water partition coefficient (Wildman–Crippen LogP) is 1.57. The van der Waals surface area contributed by atoms with Crippen molar-refractivity contribution in [2.75, 3.05) is 24.5 Å². The Kier molecular flexibility index (Phi) is 3.31. The minimum Gasteiger partial charge on any atom is -0.367 e. The molecule has 2 aromatic rings. The summed E-state index contributed by atoms with van der Waals surface area (Å²) in [5.74, 6) is 0. The second-order valence-corrected chi connectivity index (χ2v) is 5.86. The molecule has 1 aliphatic rings. The zero-order valence-electron chi connectivity index (χ0n) is 11.9. The molecule has 0 saturated carbocycles. The van der Waals surface area contributed by atoms with Gasteiger partial charge in [-0.1, -0.05) is 18.2 Å². The lowest BCUT2D eigenvalue weighted by Crippen LogP contribution is -2.55. The molecule has 5 heteroatoms. The molecule has 0 spiro atoms. The molecule has 0 bridgehead atoms. The van der Waals surface area contributed by atoms with Crippen molar-refractivity contribution in [2.45, 2.75) is 25.6 Å². The Labute approximate surface area is 118 Å². The van der Waals surface area contributed by atoms with Crippen LogP contribution in [0.2, 0.25) is 0 Å². The van der Waals surface area contributed by atoms with Crippen LogP contribution in [0.25, 0.3) is 10.9 Å². The fourth-order valence-electron chi connectivity index (χ4n) is 2.85. The van der Waals surface area contributed by atoms with E-state index in [9.17, 15) is 0 Å². The van der Waals surface area contributed by atoms with Gasteiger partial charge in [-0.3, -0.25) is 0 Å². The van der Waals surface area contributed by atoms with Gasteiger partial charge in [-0.2, -0.15) is 10.2 Å². The molecule has 2 heterocycles. The van der Waals surface area contributed by atoms with E-state index in [1.807, 2.05) is 24.4 Å². The summed E-state index contributed by atoms with van der Waals surface area (Å²) in [6.07, 6.45) is 1.88. The van der Waals surface area contributed by atoms with E-state index in [0.717, 1.165) is 29.7 Å². The maximum atomic E-state index is 5.98. The molecule has 3 rings (SSSR count). The van der Waals surface area contributed by atoms with E-state index in [1.165, 1.54) is 0 Å². The molecular weight excluding hydrogens is 252 g/mol. The van der Waals surface area contributed by atoms with Crippen molar-refractivity contribution in [3.63, 3.8) is 0 Å². The molecule has 1 aromatic heterocycles. The van der Waals surface area contributed by atoms with Crippen LogP contribution in [0, 0.1) is 0 Å². The van der Waals surface area contributed by atoms with Crippen molar-refractivity contribution < 1.29 is 4.74 Å². The van der Waals surface area contributed by atoms with Gasteiger partial charge in [0.25, 0.3) is 0 Å². The molecule has 1 unspecified atom stereocenters. The van der Waals surface area contributed by atoms with Crippen LogP contribution in [-0.2, 0) is 4.74 Å². The molecule has 0 amide bonds. The third kappa shape index (κ3) is 2.46. The Morgan fingerprint density at radius 3 is 3.00 bits per heavy atom. The highest BCUT2D eigenvalue weighted by Crippen LogP contribution is 2.29. The number of morpholine rings is 1. The van der Waals surface area contributed by atoms with Gasteiger partial charge < -0.3 is 15.4 Å². The van der Waals surface area contributed by atoms with Gasteiger partial charge in [0, 0.05) is 25.0 Å². The van der Waals surface area contributed by atoms with Crippen molar-refractivity contribution in [3.8, 4) is 0 Å². The lowest BCUT2D eigenvalue weighted by Gasteiger charge is -2.43. The Balaban J connectivity index is 2.01. The topological polar surface area (TPSA) is 64.3 Å². The number of hydrogen-bond donors (Lipinski definition) is 1. The van der Waals surface area contributed by atoms with E-state index < -0.39 is 0 Å². The summed E-state index contributed by atoms with van der Waals surface area (Å²) in [6.45, 7) is 6.32. The first-order valence-electron chi connectivity index (χ1n) is 6.92. The first kappa shape index (κ1) is 13.3. The number of aromatic nitrogens is 2. The summed E-state index contributed by atoms with van der Waals surface area (Å²) in [4.78, 5) is 2.30. The molecule has 1 fully saturated rings. The van der Waals surface area contributed by atoms with E-state index in [4.69, 9.17) is 10.5 Å². The number of anilines is 1. The SMILES string of the molecule is CC1(C)CN(c2cnnc3ccccc23)CC(CN)O1. The smallest absolute Gasteiger partial charge is 0.0950 e. The third-order valence-electron chi connectivity index (χ3n) is 3.61. The zero-order chi connectivity index (χ0) is 14.2. The highest BCUT2D eigenvalue weighted by molar-refractivity contribution is 5.90. The fraction of sp³-hybridized carbons (Fsp3) is 0.467. The summed E-state index contributed by atoms with van der Waals surface area (Å²) in [5, 5.41) is 9.42. The second-order valence-electron chi connectivity index (χ2n) is 5.86. The second kappa shape index (κ2) is 5.00. The summed E-state index contributed by atoms with van der Waals surface area (Å²) in [6, 6.07) is 8.07. The first-order chi connectivity index (χ1) is 9.59. The summed E-state index contributed by atoms with van der Waals surface area (Å²) < 4.78 is 5.98. The summed E-state index contributed by atoms with van der Waals surface area (Å²) >= 11 is 0. The number of hydrogen-bond acceptors (Lipinski definition) is 5. The van der Waals surface area contributed by atoms with Gasteiger partial charge >= 0.3 is 0 Å². The standard InChI is InChI=1S/C15H20N4O/c1-15(2)10-19(9-11(7-16)20-15)14-8-17-18-13-6-4-3-5-12(13)14/h3-6,8,11H,7,9-10,16H2,1-2H3. The van der Waals surface area contributed by atoms with Crippen LogP contribution in [0.15, 0.2) is 30.5 Å². The van der Waals surface area contributed by atoms with Crippen molar-refractivity contribution in [1.82, 2.24) is 10.2 Å². The minimum atomic E-state index is -0.216. The lowest BCUT2D eigenvalue weighted by molar-refractivity contribution is -0.0787. The van der Waals surface area contributed by atoms with E-state index in [2.05, 4.69) is 35.0 Å². The molecule has 0 aliphatic carbocycles. The van der Waals surface area contributed by atoms with Gasteiger partial charge in [0.05, 0.1) is 29.1 Å². The molecule has 5 nitrogen and oxygen atoms in total. The van der Waals surface area contributed by atoms with Crippen LogP contribution in [0.4, 0.5) is 5.69 Å². The maximum absolute atomic E-state index is 5.98. The summed E-state index contributed by atoms with van der Waals surface area (Å²) in [7, 11) is 0. The molecule has 1 aromatic carbocycles. The Morgan fingerprint density at radius 1 is 1.40 bits per heavy atom. The molecule has 2 N–H and O–H groups in total. The van der Waals surface area contributed by atoms with E-state index >= 15 is 0 Å². The number of ether oxygens (including phenoxy) is 1. The van der Waals surface area contributed by atoms with Crippen molar-refractivity contribution in [2.24, 2.45) is 5.73 Å². The van der Waals surface area contributed by atoms with Crippen LogP contribution >= 0.6 is 0 Å². The molecule has 1 atom stereocenters. The van der Waals surface area contributed by atoms with E-state index in [-0.39, 0.29) is 11.7 Å². The molecule has 106 valence electrons. The van der Waals surface area contributed by atoms with Crippen LogP contribution in [0.1, 0.15) is 13.8 Å². The third-order valence-corrected chi connectivity index (χ3v) is 3.61. The average Bonchev–Trinajstić information content (AvgIpc) is 2.45. The largest absolute Gasteiger partial charge is 0.367 e. The number of rotatable bonds is 2. The quantitative estimate of drug-likeness (QED) is 0.899. The van der Waals surface area contributed by atoms with E-state index in [0.29, 0.717) is 6.54 Å². The Morgan fingerprint density at radius 2 is 2.20 bits per heavy atom. The lowest BCUT2D eigenvalue weighted by atomic mass is 10.0. The van der Waals surface area contributed by atoms with Gasteiger partial charge in [-0.25, -0.2) is 0 Å². The predicted molar refractivity (Wildman–Crippen MR) is 79.8 cm³/mol. The Hall–Kier alpha value is -1.72. The number of fused-ring (bicyclic) bond motifs is 1. The molecule has 20 heavy (non-hydrogen) atoms. The maximum Gasteiger partial charge on any atom is 0.0950 e. The van der Waals surface area contributed by atoms with Crippen molar-refractivity contribution >= 4 is 16.6 Å². The van der Waals surface area contributed by atoms with Crippen LogP contribution in [-0.4, -0.2) is 41.5 Å². The molecular formula is C15H20N4O. The monoisotopic (exact) mass is 272 g/mol. The minimum absolute atomic E-state index is 0.0469. The van der Waals surface area contributed by atoms with E-state index in [1.54, 1.807) is 0 Å². The normalized spacial score (nSPS) is 22.1. The fourth-order valence-corrected chi connectivity index (χ4v) is 2.85. The average molecular weight is 272 g/mol. The van der Waals surface area contributed by atoms with Crippen LogP contribution in [0.3, 0.4) is 0 Å². The van der Waals surface area contributed by atoms with Gasteiger partial charge in [-0.05, 0) is 19.9 Å². The molecule has 1 saturated heterocycles. The highest BCUT2D eigenvalue weighted by Gasteiger charge is 2.33. The zero-order valence-corrected chi connectivity index (χ0v) is 11.9. The first-order valence-corrected chi connectivity index (χ1v) is 6.92. The van der Waals surface area contributed by atoms with Crippen molar-refractivity contribution in [1.29, 1.82) is 0 Å². The van der Waals surface area contributed by atoms with Crippen LogP contribution < -0.4 is 10.6 Å². The van der Waals surface area contributed by atoms with Gasteiger partial charge in [0.15, 0.2) is 0 Å². The van der Waals surface area contributed by atoms with Crippen molar-refractivity contribution in [3.05, 3.63) is 30.5 Å². The number of nitrogens with zero attached hydrogens (tertiary/aromatic N) is 3. The van der Waals surface area contributed by atoms with Gasteiger partial charge in [0.1, 0.15) is 0 Å². The van der Waals surface area contributed by atoms with Gasteiger partial charge in [0.2, 0.25) is 0 Å². The van der Waals surface area contributed by atoms with Gasteiger partial charge in [-0.15, -0.1) is 0 Å².